The Kier molecular flexibility index (Phi) is 28.7. The number of nitrogens with zero attached hydrogens (tertiary/aromatic N) is 1. The van der Waals surface area contributed by atoms with E-state index < -0.39 is 71.9 Å². The SMILES string of the molecule is CSCC(=O)CCCCCCC(=O)N[C@H](C(=O)C[C@@H](CCCNC(N)=O)C(=O)Nc1ccc(COC(=O)NN(C)C(=O)C[C@@H]2C[C@@]3(CO3)[C@H](O)[C@@H](/C=C/C(C)=C/C[C@@H]3O[C@H](C)[C@H](NC(=O)/C=C\[C@H](C)OC(C)=O)C[C@@H]3C)O2)cc1)C(C)C. The Hall–Kier alpha value is -6.14. The predicted octanol–water partition coefficient (Wildman–Crippen LogP) is 6.04. The summed E-state index contributed by atoms with van der Waals surface area (Å²) in [7, 11) is 1.38. The lowest BCUT2D eigenvalue weighted by molar-refractivity contribution is -0.152. The van der Waals surface area contributed by atoms with Crippen LogP contribution in [-0.2, 0) is 63.9 Å². The van der Waals surface area contributed by atoms with Gasteiger partial charge in [0.05, 0.1) is 49.2 Å². The minimum Gasteiger partial charge on any atom is -0.459 e. The maximum absolute atomic E-state index is 13.7. The summed E-state index contributed by atoms with van der Waals surface area (Å²) in [6.45, 7) is 12.9. The van der Waals surface area contributed by atoms with E-state index in [1.54, 1.807) is 37.3 Å². The molecule has 22 nitrogen and oxygen atoms in total. The molecule has 0 saturated carbocycles. The molecule has 3 heterocycles. The number of ketones is 2. The molecule has 3 aliphatic heterocycles. The van der Waals surface area contributed by atoms with Gasteiger partial charge in [-0.25, -0.2) is 15.0 Å². The molecule has 456 valence electrons. The standard InChI is InChI=1S/C59H89N7O15S/c1-36(2)54(64-51(70)17-13-11-10-12-16-45(68)34-82-9)48(69)30-43(15-14-28-61-57(60)75)56(74)62-44-23-21-42(22-24-44)33-77-58(76)65-66(8)53(72)31-46-32-59(35-78-59)55(73)50(81-46)26-19-37(3)18-25-49-38(4)29-47(40(6)80-49)63-52(71)27-20-39(5)79-41(7)67/h18-24,26-27,36,38-40,43,46-47,49-50,54-55,73H,10-17,25,28-35H2,1-9H3,(H,62,74)(H,63,71)(H,64,70)(H,65,76)(H3,60,61,75)/b26-19+,27-20-,37-18+/t38-,39-,40+,43+,46+,47+,49-,50+,54-,55+,59+/m0/s1. The largest absolute Gasteiger partial charge is 0.459 e. The Morgan fingerprint density at radius 2 is 1.65 bits per heavy atom. The monoisotopic (exact) mass is 1170 g/mol. The number of carbonyl (C=O) groups is 9. The highest BCUT2D eigenvalue weighted by molar-refractivity contribution is 7.99. The summed E-state index contributed by atoms with van der Waals surface area (Å²) >= 11 is 1.50. The van der Waals surface area contributed by atoms with E-state index in [4.69, 9.17) is 29.4 Å². The van der Waals surface area contributed by atoms with Crippen molar-refractivity contribution in [2.45, 2.75) is 193 Å². The number of urea groups is 1. The summed E-state index contributed by atoms with van der Waals surface area (Å²) in [6.07, 6.45) is 11.9. The zero-order valence-electron chi connectivity index (χ0n) is 49.2. The highest BCUT2D eigenvalue weighted by Gasteiger charge is 2.58. The maximum atomic E-state index is 13.7. The topological polar surface area (TPSA) is 313 Å². The second kappa shape index (κ2) is 34.5. The summed E-state index contributed by atoms with van der Waals surface area (Å²) in [6, 6.07) is 4.78. The maximum Gasteiger partial charge on any atom is 0.426 e. The van der Waals surface area contributed by atoms with Crippen molar-refractivity contribution < 1.29 is 71.9 Å². The lowest BCUT2D eigenvalue weighted by atomic mass is 9.87. The number of unbranched alkanes of at least 4 members (excludes halogenated alkanes) is 3. The smallest absolute Gasteiger partial charge is 0.426 e. The number of hydrogen-bond donors (Lipinski definition) is 7. The number of benzene rings is 1. The first-order chi connectivity index (χ1) is 38.9. The van der Waals surface area contributed by atoms with Crippen LogP contribution in [0.15, 0.2) is 60.2 Å². The van der Waals surface area contributed by atoms with Crippen LogP contribution in [0.5, 0.6) is 0 Å². The fourth-order valence-corrected chi connectivity index (χ4v) is 10.3. The number of rotatable bonds is 32. The highest BCUT2D eigenvalue weighted by Crippen LogP contribution is 2.43. The predicted molar refractivity (Wildman–Crippen MR) is 309 cm³/mol. The van der Waals surface area contributed by atoms with Crippen molar-refractivity contribution in [2.24, 2.45) is 23.5 Å². The average molecular weight is 1170 g/mol. The molecule has 0 aliphatic carbocycles. The van der Waals surface area contributed by atoms with Gasteiger partial charge >= 0.3 is 18.1 Å². The van der Waals surface area contributed by atoms with E-state index in [0.717, 1.165) is 29.8 Å². The molecule has 7 amide bonds. The van der Waals surface area contributed by atoms with Crippen LogP contribution >= 0.6 is 11.8 Å². The van der Waals surface area contributed by atoms with Crippen molar-refractivity contribution in [1.29, 1.82) is 0 Å². The van der Waals surface area contributed by atoms with E-state index >= 15 is 0 Å². The Labute approximate surface area is 486 Å². The number of hydrogen-bond acceptors (Lipinski definition) is 16. The molecule has 0 aromatic heterocycles. The first kappa shape index (κ1) is 68.4. The van der Waals surface area contributed by atoms with E-state index in [1.165, 1.54) is 37.9 Å². The molecule has 11 atom stereocenters. The van der Waals surface area contributed by atoms with Gasteiger partial charge in [0.1, 0.15) is 36.3 Å². The molecule has 0 radical (unpaired) electrons. The van der Waals surface area contributed by atoms with Crippen LogP contribution < -0.4 is 32.4 Å². The van der Waals surface area contributed by atoms with Crippen molar-refractivity contribution in [3.63, 3.8) is 0 Å². The number of epoxide rings is 1. The normalized spacial score (nSPS) is 23.5. The van der Waals surface area contributed by atoms with Crippen molar-refractivity contribution in [3.8, 4) is 0 Å². The van der Waals surface area contributed by atoms with Gasteiger partial charge in [-0.1, -0.05) is 69.5 Å². The molecule has 23 heteroatoms. The van der Waals surface area contributed by atoms with Crippen LogP contribution in [-0.4, -0.2) is 150 Å². The van der Waals surface area contributed by atoms with Gasteiger partial charge in [0.25, 0.3) is 0 Å². The number of nitrogens with two attached hydrogens (primary N) is 1. The molecule has 3 aliphatic rings. The molecule has 3 saturated heterocycles. The highest BCUT2D eigenvalue weighted by atomic mass is 32.2. The van der Waals surface area contributed by atoms with Gasteiger partial charge < -0.3 is 55.8 Å². The van der Waals surface area contributed by atoms with Gasteiger partial charge in [-0.2, -0.15) is 11.8 Å². The van der Waals surface area contributed by atoms with Crippen LogP contribution in [0.2, 0.25) is 0 Å². The van der Waals surface area contributed by atoms with E-state index in [-0.39, 0.29) is 98.7 Å². The second-order valence-electron chi connectivity index (χ2n) is 22.2. The Morgan fingerprint density at radius 1 is 0.951 bits per heavy atom. The molecular weight excluding hydrogens is 1080 g/mol. The summed E-state index contributed by atoms with van der Waals surface area (Å²) in [5, 5.41) is 23.4. The molecule has 82 heavy (non-hydrogen) atoms. The van der Waals surface area contributed by atoms with Gasteiger partial charge in [0.15, 0.2) is 5.78 Å². The third-order valence-corrected chi connectivity index (χ3v) is 15.3. The number of carbonyl (C=O) groups excluding carboxylic acids is 9. The average Bonchev–Trinajstić information content (AvgIpc) is 3.85. The minimum absolute atomic E-state index is 0.0964. The Bertz CT molecular complexity index is 2410. The third kappa shape index (κ3) is 24.4. The molecule has 8 N–H and O–H groups in total. The van der Waals surface area contributed by atoms with Crippen molar-refractivity contribution in [1.82, 2.24) is 26.4 Å². The molecule has 3 fully saturated rings. The molecule has 1 aromatic carbocycles. The van der Waals surface area contributed by atoms with E-state index in [2.05, 4.69) is 33.6 Å². The number of ether oxygens (including phenoxy) is 5. The third-order valence-electron chi connectivity index (χ3n) is 14.6. The summed E-state index contributed by atoms with van der Waals surface area (Å²) in [4.78, 5) is 113. The fraction of sp³-hybridized carbons (Fsp3) is 0.644. The van der Waals surface area contributed by atoms with Gasteiger partial charge in [-0.3, -0.25) is 38.6 Å². The number of esters is 1. The van der Waals surface area contributed by atoms with Crippen LogP contribution in [0, 0.1) is 17.8 Å². The van der Waals surface area contributed by atoms with Gasteiger partial charge in [0.2, 0.25) is 23.6 Å². The number of Topliss-reactive ketones (excluding diaryl/α,β-unsaturated/α-hetero) is 2. The molecule has 4 rings (SSSR count). The number of primary amides is 1. The van der Waals surface area contributed by atoms with Crippen LogP contribution in [0.3, 0.4) is 0 Å². The van der Waals surface area contributed by atoms with Crippen LogP contribution in [0.4, 0.5) is 15.3 Å². The van der Waals surface area contributed by atoms with Gasteiger partial charge in [-0.15, -0.1) is 0 Å². The van der Waals surface area contributed by atoms with Crippen LogP contribution in [0.1, 0.15) is 138 Å². The van der Waals surface area contributed by atoms with Crippen molar-refractivity contribution in [2.75, 3.05) is 37.5 Å². The zero-order valence-corrected chi connectivity index (χ0v) is 50.0. The molecule has 0 unspecified atom stereocenters. The lowest BCUT2D eigenvalue weighted by Gasteiger charge is -2.39. The van der Waals surface area contributed by atoms with Crippen LogP contribution in [0.25, 0.3) is 0 Å². The van der Waals surface area contributed by atoms with Gasteiger partial charge in [0, 0.05) is 63.9 Å². The molecular formula is C59H89N7O15S. The summed E-state index contributed by atoms with van der Waals surface area (Å²) in [5.41, 5.74) is 8.67. The molecule has 0 bridgehead atoms. The molecule has 1 aromatic rings. The number of aliphatic hydroxyl groups is 1. The van der Waals surface area contributed by atoms with E-state index in [1.807, 2.05) is 46.1 Å². The first-order valence-corrected chi connectivity index (χ1v) is 29.9. The van der Waals surface area contributed by atoms with E-state index in [0.29, 0.717) is 55.7 Å². The first-order valence-electron chi connectivity index (χ1n) is 28.5. The van der Waals surface area contributed by atoms with Crippen molar-refractivity contribution in [3.05, 3.63) is 65.8 Å². The number of anilines is 1. The summed E-state index contributed by atoms with van der Waals surface area (Å²) < 4.78 is 28.7. The number of hydrazine groups is 1. The number of aliphatic hydroxyl groups excluding tert-OH is 1. The fourth-order valence-electron chi connectivity index (χ4n) is 9.84. The number of allylic oxidation sites excluding steroid dienone is 2. The number of nitrogens with one attached hydrogen (secondary N) is 5. The quantitative estimate of drug-likeness (QED) is 0.0108. The molecule has 1 spiro atoms. The van der Waals surface area contributed by atoms with E-state index in [9.17, 15) is 48.3 Å². The van der Waals surface area contributed by atoms with Crippen molar-refractivity contribution >= 4 is 70.7 Å². The Morgan fingerprint density at radius 3 is 2.29 bits per heavy atom. The minimum atomic E-state index is -0.971. The Balaban J connectivity index is 1.23. The second-order valence-corrected chi connectivity index (χ2v) is 23.0. The number of thioether (sulfide) groups is 1. The number of amides is 7. The zero-order chi connectivity index (χ0) is 60.5. The summed E-state index contributed by atoms with van der Waals surface area (Å²) in [5.74, 6) is -2.39. The lowest BCUT2D eigenvalue weighted by Crippen LogP contribution is -2.52. The van der Waals surface area contributed by atoms with Gasteiger partial charge in [-0.05, 0) is 101 Å².